The van der Waals surface area contributed by atoms with Crippen molar-refractivity contribution in [2.24, 2.45) is 4.99 Å². The van der Waals surface area contributed by atoms with Gasteiger partial charge in [0.05, 0.1) is 48.8 Å². The second-order valence-corrected chi connectivity index (χ2v) is 14.5. The van der Waals surface area contributed by atoms with Crippen LogP contribution in [-0.4, -0.2) is 37.1 Å². The van der Waals surface area contributed by atoms with Gasteiger partial charge in [-0.2, -0.15) is 0 Å². The number of ether oxygens (including phenoxy) is 6. The maximum Gasteiger partial charge on any atom is 0.338 e. The molecular weight excluding hydrogens is 862 g/mol. The molecule has 10 nitrogen and oxygen atoms in total. The van der Waals surface area contributed by atoms with Crippen LogP contribution in [0.15, 0.2) is 69.6 Å². The number of carbonyl (C=O) groups excluding carboxylic acids is 1. The van der Waals surface area contributed by atoms with E-state index >= 15 is 0 Å². The van der Waals surface area contributed by atoms with Crippen LogP contribution in [-0.2, 0) is 16.1 Å². The predicted octanol–water partition coefficient (Wildman–Crippen LogP) is 6.11. The molecule has 250 valence electrons. The van der Waals surface area contributed by atoms with Crippen LogP contribution in [0.25, 0.3) is 6.08 Å². The first-order chi connectivity index (χ1) is 23.1. The predicted molar refractivity (Wildman–Crippen MR) is 198 cm³/mol. The number of methoxy groups -OCH3 is 1. The van der Waals surface area contributed by atoms with Crippen LogP contribution in [0.5, 0.6) is 28.7 Å². The van der Waals surface area contributed by atoms with Gasteiger partial charge in [-0.3, -0.25) is 9.36 Å². The van der Waals surface area contributed by atoms with Gasteiger partial charge in [0, 0.05) is 0 Å². The summed E-state index contributed by atoms with van der Waals surface area (Å²) in [7, 11) is 1.56. The standard InChI is InChI=1S/C35H32I2N2O8S/c1-6-43-34(41)30-19(4)38-35-39(31(30)22-8-10-26(47-18(2)3)27(15-22)42-5)33(40)29(48-35)14-21-11-23(36)32(24(37)12-21)44-16-20-7-9-25-28(13-20)46-17-45-25/h7-15,18,31H,6,16-17H2,1-5H3/b29-14-/t31-/m1/s1. The van der Waals surface area contributed by atoms with Gasteiger partial charge in [0.25, 0.3) is 5.56 Å². The molecule has 48 heavy (non-hydrogen) atoms. The van der Waals surface area contributed by atoms with Crippen LogP contribution >= 0.6 is 56.5 Å². The minimum absolute atomic E-state index is 0.0681. The number of aromatic nitrogens is 1. The molecule has 3 aromatic carbocycles. The lowest BCUT2D eigenvalue weighted by Gasteiger charge is -2.25. The summed E-state index contributed by atoms with van der Waals surface area (Å²) >= 11 is 5.76. The van der Waals surface area contributed by atoms with Crippen molar-refractivity contribution < 1.29 is 33.2 Å². The number of rotatable bonds is 10. The number of fused-ring (bicyclic) bond motifs is 2. The quantitative estimate of drug-likeness (QED) is 0.139. The maximum atomic E-state index is 14.2. The Morgan fingerprint density at radius 2 is 1.83 bits per heavy atom. The average molecular weight is 895 g/mol. The number of nitrogens with zero attached hydrogens (tertiary/aromatic N) is 2. The van der Waals surface area contributed by atoms with E-state index in [1.807, 2.05) is 56.3 Å². The van der Waals surface area contributed by atoms with Crippen LogP contribution in [0.3, 0.4) is 0 Å². The zero-order valence-corrected chi connectivity index (χ0v) is 31.9. The third kappa shape index (κ3) is 6.94. The van der Waals surface area contributed by atoms with Gasteiger partial charge in [-0.1, -0.05) is 23.5 Å². The van der Waals surface area contributed by atoms with Gasteiger partial charge in [0.15, 0.2) is 27.8 Å². The Morgan fingerprint density at radius 1 is 1.08 bits per heavy atom. The van der Waals surface area contributed by atoms with Gasteiger partial charge >= 0.3 is 5.97 Å². The molecule has 0 radical (unpaired) electrons. The van der Waals surface area contributed by atoms with Crippen molar-refractivity contribution in [2.75, 3.05) is 20.5 Å². The monoisotopic (exact) mass is 894 g/mol. The lowest BCUT2D eigenvalue weighted by atomic mass is 9.95. The minimum atomic E-state index is -0.781. The van der Waals surface area contributed by atoms with Crippen molar-refractivity contribution in [3.63, 3.8) is 0 Å². The fourth-order valence-electron chi connectivity index (χ4n) is 5.45. The van der Waals surface area contributed by atoms with Gasteiger partial charge in [-0.05, 0) is 132 Å². The van der Waals surface area contributed by atoms with E-state index in [9.17, 15) is 9.59 Å². The highest BCUT2D eigenvalue weighted by atomic mass is 127. The summed E-state index contributed by atoms with van der Waals surface area (Å²) in [6.45, 7) is 8.13. The van der Waals surface area contributed by atoms with E-state index < -0.39 is 12.0 Å². The second kappa shape index (κ2) is 14.5. The molecule has 4 aromatic rings. The highest BCUT2D eigenvalue weighted by Gasteiger charge is 2.34. The smallest absolute Gasteiger partial charge is 0.338 e. The first kappa shape index (κ1) is 34.3. The lowest BCUT2D eigenvalue weighted by molar-refractivity contribution is -0.139. The Morgan fingerprint density at radius 3 is 2.54 bits per heavy atom. The zero-order chi connectivity index (χ0) is 34.1. The van der Waals surface area contributed by atoms with Crippen molar-refractivity contribution >= 4 is 68.6 Å². The maximum absolute atomic E-state index is 14.2. The minimum Gasteiger partial charge on any atom is -0.493 e. The summed E-state index contributed by atoms with van der Waals surface area (Å²) in [6.07, 6.45) is 1.78. The van der Waals surface area contributed by atoms with Crippen molar-refractivity contribution in [1.82, 2.24) is 4.57 Å². The summed E-state index contributed by atoms with van der Waals surface area (Å²) < 4.78 is 37.9. The molecule has 0 spiro atoms. The second-order valence-electron chi connectivity index (χ2n) is 11.2. The molecule has 0 aliphatic carbocycles. The zero-order valence-electron chi connectivity index (χ0n) is 26.8. The molecule has 0 unspecified atom stereocenters. The van der Waals surface area contributed by atoms with Crippen LogP contribution < -0.4 is 38.6 Å². The van der Waals surface area contributed by atoms with E-state index in [1.165, 1.54) is 11.3 Å². The molecule has 0 saturated heterocycles. The molecule has 3 heterocycles. The molecule has 2 aliphatic heterocycles. The molecule has 0 fully saturated rings. The first-order valence-corrected chi connectivity index (χ1v) is 18.1. The fraction of sp³-hybridized carbons (Fsp3) is 0.286. The Kier molecular flexibility index (Phi) is 10.4. The van der Waals surface area contributed by atoms with Gasteiger partial charge in [-0.15, -0.1) is 0 Å². The Bertz CT molecular complexity index is 2100. The Balaban J connectivity index is 1.37. The molecule has 1 aromatic heterocycles. The first-order valence-electron chi connectivity index (χ1n) is 15.1. The normalized spacial score (nSPS) is 15.3. The van der Waals surface area contributed by atoms with Gasteiger partial charge in [0.2, 0.25) is 6.79 Å². The van der Waals surface area contributed by atoms with Crippen LogP contribution in [0.2, 0.25) is 0 Å². The van der Waals surface area contributed by atoms with E-state index in [1.54, 1.807) is 37.7 Å². The number of halogens is 2. The molecule has 2 aliphatic rings. The van der Waals surface area contributed by atoms with Gasteiger partial charge in [0.1, 0.15) is 12.4 Å². The molecule has 13 heteroatoms. The van der Waals surface area contributed by atoms with Gasteiger partial charge in [-0.25, -0.2) is 9.79 Å². The van der Waals surface area contributed by atoms with E-state index in [2.05, 4.69) is 45.2 Å². The lowest BCUT2D eigenvalue weighted by Crippen LogP contribution is -2.40. The summed E-state index contributed by atoms with van der Waals surface area (Å²) in [6, 6.07) is 14.3. The summed E-state index contributed by atoms with van der Waals surface area (Å²) in [5, 5.41) is 0. The molecule has 0 saturated carbocycles. The number of carbonyl (C=O) groups is 1. The molecule has 6 rings (SSSR count). The highest BCUT2D eigenvalue weighted by molar-refractivity contribution is 14.1. The summed E-state index contributed by atoms with van der Waals surface area (Å²) in [5.74, 6) is 2.71. The molecule has 0 amide bonds. The van der Waals surface area contributed by atoms with Crippen molar-refractivity contribution in [3.8, 4) is 28.7 Å². The number of allylic oxidation sites excluding steroid dienone is 1. The third-order valence-electron chi connectivity index (χ3n) is 7.52. The van der Waals surface area contributed by atoms with Gasteiger partial charge < -0.3 is 28.4 Å². The Labute approximate surface area is 308 Å². The van der Waals surface area contributed by atoms with Crippen LogP contribution in [0.4, 0.5) is 0 Å². The van der Waals surface area contributed by atoms with Crippen LogP contribution in [0, 0.1) is 7.14 Å². The number of esters is 1. The molecule has 1 atom stereocenters. The molecule has 0 N–H and O–H groups in total. The van der Waals surface area contributed by atoms with E-state index in [0.29, 0.717) is 50.0 Å². The summed E-state index contributed by atoms with van der Waals surface area (Å²) in [5.41, 5.74) is 2.97. The Hall–Kier alpha value is -3.57. The number of benzene rings is 3. The average Bonchev–Trinajstić information content (AvgIpc) is 3.63. The van der Waals surface area contributed by atoms with Crippen molar-refractivity contribution in [3.05, 3.63) is 103 Å². The molecule has 0 bridgehead atoms. The number of hydrogen-bond acceptors (Lipinski definition) is 10. The van der Waals surface area contributed by atoms with Crippen molar-refractivity contribution in [1.29, 1.82) is 0 Å². The highest BCUT2D eigenvalue weighted by Crippen LogP contribution is 2.37. The third-order valence-corrected chi connectivity index (χ3v) is 10.1. The van der Waals surface area contributed by atoms with E-state index in [4.69, 9.17) is 33.4 Å². The van der Waals surface area contributed by atoms with Crippen LogP contribution in [0.1, 0.15) is 50.4 Å². The number of hydrogen-bond donors (Lipinski definition) is 0. The van der Waals surface area contributed by atoms with E-state index in [-0.39, 0.29) is 25.1 Å². The largest absolute Gasteiger partial charge is 0.493 e. The summed E-state index contributed by atoms with van der Waals surface area (Å²) in [4.78, 5) is 32.7. The number of thiazole rings is 1. The topological polar surface area (TPSA) is 107 Å². The van der Waals surface area contributed by atoms with Crippen molar-refractivity contribution in [2.45, 2.75) is 46.4 Å². The van der Waals surface area contributed by atoms with E-state index in [0.717, 1.165) is 29.8 Å². The SMILES string of the molecule is CCOC(=O)C1=C(C)N=c2s/c(=C\c3cc(I)c(OCc4ccc5c(c4)OCO5)c(I)c3)c(=O)n2[C@@H]1c1ccc(OC(C)C)c(OC)c1. The molecular formula is C35H32I2N2O8S. The fourth-order valence-corrected chi connectivity index (χ4v) is 8.63.